The summed E-state index contributed by atoms with van der Waals surface area (Å²) in [6, 6.07) is 4.85. The number of hydrogen-bond acceptors (Lipinski definition) is 4. The van der Waals surface area contributed by atoms with Crippen LogP contribution >= 0.6 is 0 Å². The summed E-state index contributed by atoms with van der Waals surface area (Å²) in [4.78, 5) is 23.5. The molecule has 0 aliphatic carbocycles. The Morgan fingerprint density at radius 1 is 1.33 bits per heavy atom. The molecule has 1 aromatic carbocycles. The van der Waals surface area contributed by atoms with Crippen LogP contribution in [0.3, 0.4) is 0 Å². The largest absolute Gasteiger partial charge is 0.495 e. The first-order valence-corrected chi connectivity index (χ1v) is 6.83. The van der Waals surface area contributed by atoms with Crippen molar-refractivity contribution in [2.75, 3.05) is 19.0 Å². The predicted octanol–water partition coefficient (Wildman–Crippen LogP) is 1.04. The van der Waals surface area contributed by atoms with Gasteiger partial charge in [0, 0.05) is 0 Å². The van der Waals surface area contributed by atoms with Crippen molar-refractivity contribution in [2.45, 2.75) is 26.8 Å². The van der Waals surface area contributed by atoms with Gasteiger partial charge in [0.2, 0.25) is 11.8 Å². The highest BCUT2D eigenvalue weighted by atomic mass is 16.5. The highest BCUT2D eigenvalue weighted by molar-refractivity contribution is 5.96. The standard InChI is InChI=1S/C15H23N3O3/c1-9(2)14(16)15(20)17-8-13(19)18-11-7-10(3)5-6-12(11)21-4/h5-7,9,14H,8,16H2,1-4H3,(H,17,20)(H,18,19)/t14-/m0/s1. The van der Waals surface area contributed by atoms with E-state index >= 15 is 0 Å². The minimum absolute atomic E-state index is 0.0185. The topological polar surface area (TPSA) is 93.5 Å². The van der Waals surface area contributed by atoms with Gasteiger partial charge in [-0.1, -0.05) is 19.9 Å². The van der Waals surface area contributed by atoms with Crippen molar-refractivity contribution in [3.63, 3.8) is 0 Å². The Morgan fingerprint density at radius 3 is 2.57 bits per heavy atom. The molecule has 0 heterocycles. The molecule has 21 heavy (non-hydrogen) atoms. The Labute approximate surface area is 125 Å². The second-order valence-corrected chi connectivity index (χ2v) is 5.24. The van der Waals surface area contributed by atoms with Gasteiger partial charge < -0.3 is 21.1 Å². The summed E-state index contributed by atoms with van der Waals surface area (Å²) in [6.07, 6.45) is 0. The molecule has 0 spiro atoms. The second-order valence-electron chi connectivity index (χ2n) is 5.24. The highest BCUT2D eigenvalue weighted by Crippen LogP contribution is 2.24. The lowest BCUT2D eigenvalue weighted by Crippen LogP contribution is -2.46. The molecule has 0 aromatic heterocycles. The summed E-state index contributed by atoms with van der Waals surface area (Å²) >= 11 is 0. The van der Waals surface area contributed by atoms with Crippen LogP contribution in [0.25, 0.3) is 0 Å². The zero-order valence-electron chi connectivity index (χ0n) is 12.9. The van der Waals surface area contributed by atoms with Crippen LogP contribution < -0.4 is 21.1 Å². The molecule has 4 N–H and O–H groups in total. The Kier molecular flexibility index (Phi) is 6.17. The van der Waals surface area contributed by atoms with Gasteiger partial charge in [-0.15, -0.1) is 0 Å². The number of carbonyl (C=O) groups excluding carboxylic acids is 2. The Bertz CT molecular complexity index is 515. The molecular formula is C15H23N3O3. The summed E-state index contributed by atoms with van der Waals surface area (Å²) in [5, 5.41) is 5.23. The van der Waals surface area contributed by atoms with Crippen molar-refractivity contribution < 1.29 is 14.3 Å². The minimum atomic E-state index is -0.619. The van der Waals surface area contributed by atoms with Gasteiger partial charge in [0.05, 0.1) is 25.4 Å². The normalized spacial score (nSPS) is 11.9. The van der Waals surface area contributed by atoms with E-state index in [-0.39, 0.29) is 24.3 Å². The van der Waals surface area contributed by atoms with Gasteiger partial charge in [-0.2, -0.15) is 0 Å². The molecule has 6 heteroatoms. The fraction of sp³-hybridized carbons (Fsp3) is 0.467. The van der Waals surface area contributed by atoms with Gasteiger partial charge in [0.15, 0.2) is 0 Å². The van der Waals surface area contributed by atoms with E-state index in [1.165, 1.54) is 7.11 Å². The number of carbonyl (C=O) groups is 2. The molecule has 0 unspecified atom stereocenters. The number of aryl methyl sites for hydroxylation is 1. The van der Waals surface area contributed by atoms with E-state index in [0.717, 1.165) is 5.56 Å². The fourth-order valence-electron chi connectivity index (χ4n) is 1.70. The van der Waals surface area contributed by atoms with Crippen molar-refractivity contribution in [3.05, 3.63) is 23.8 Å². The average Bonchev–Trinajstić information content (AvgIpc) is 2.44. The molecular weight excluding hydrogens is 270 g/mol. The molecule has 2 amide bonds. The van der Waals surface area contributed by atoms with E-state index in [0.29, 0.717) is 11.4 Å². The lowest BCUT2D eigenvalue weighted by Gasteiger charge is -2.15. The highest BCUT2D eigenvalue weighted by Gasteiger charge is 2.17. The van der Waals surface area contributed by atoms with Gasteiger partial charge in [-0.05, 0) is 30.5 Å². The van der Waals surface area contributed by atoms with E-state index < -0.39 is 6.04 Å². The Balaban J connectivity index is 2.58. The zero-order chi connectivity index (χ0) is 16.0. The minimum Gasteiger partial charge on any atom is -0.495 e. The maximum atomic E-state index is 11.9. The molecule has 0 bridgehead atoms. The van der Waals surface area contributed by atoms with Crippen molar-refractivity contribution >= 4 is 17.5 Å². The molecule has 0 radical (unpaired) electrons. The summed E-state index contributed by atoms with van der Waals surface area (Å²) < 4.78 is 5.17. The number of anilines is 1. The van der Waals surface area contributed by atoms with Crippen molar-refractivity contribution in [1.82, 2.24) is 5.32 Å². The third-order valence-electron chi connectivity index (χ3n) is 3.07. The number of nitrogens with two attached hydrogens (primary N) is 1. The maximum Gasteiger partial charge on any atom is 0.243 e. The summed E-state index contributed by atoms with van der Waals surface area (Å²) in [5.41, 5.74) is 7.27. The molecule has 1 rings (SSSR count). The fourth-order valence-corrected chi connectivity index (χ4v) is 1.70. The first-order chi connectivity index (χ1) is 9.85. The van der Waals surface area contributed by atoms with Crippen molar-refractivity contribution in [3.8, 4) is 5.75 Å². The lowest BCUT2D eigenvalue weighted by molar-refractivity contribution is -0.125. The van der Waals surface area contributed by atoms with Crippen molar-refractivity contribution in [1.29, 1.82) is 0 Å². The summed E-state index contributed by atoms with van der Waals surface area (Å²) in [7, 11) is 1.53. The van der Waals surface area contributed by atoms with Gasteiger partial charge in [-0.25, -0.2) is 0 Å². The van der Waals surface area contributed by atoms with Crippen LogP contribution in [0.15, 0.2) is 18.2 Å². The average molecular weight is 293 g/mol. The SMILES string of the molecule is COc1ccc(C)cc1NC(=O)CNC(=O)[C@@H](N)C(C)C. The van der Waals surface area contributed by atoms with Gasteiger partial charge >= 0.3 is 0 Å². The van der Waals surface area contributed by atoms with Crippen LogP contribution in [0.2, 0.25) is 0 Å². The molecule has 0 aliphatic heterocycles. The van der Waals surface area contributed by atoms with Gasteiger partial charge in [0.1, 0.15) is 5.75 Å². The predicted molar refractivity (Wildman–Crippen MR) is 82.2 cm³/mol. The van der Waals surface area contributed by atoms with Crippen LogP contribution in [0.1, 0.15) is 19.4 Å². The molecule has 1 atom stereocenters. The van der Waals surface area contributed by atoms with Gasteiger partial charge in [-0.3, -0.25) is 9.59 Å². The van der Waals surface area contributed by atoms with E-state index in [1.807, 2.05) is 26.8 Å². The second kappa shape index (κ2) is 7.64. The third kappa shape index (κ3) is 5.07. The van der Waals surface area contributed by atoms with Crippen LogP contribution in [0, 0.1) is 12.8 Å². The van der Waals surface area contributed by atoms with E-state index in [9.17, 15) is 9.59 Å². The Hall–Kier alpha value is -2.08. The van der Waals surface area contributed by atoms with Crippen LogP contribution in [-0.4, -0.2) is 31.5 Å². The van der Waals surface area contributed by atoms with E-state index in [4.69, 9.17) is 10.5 Å². The quantitative estimate of drug-likeness (QED) is 0.730. The first kappa shape index (κ1) is 17.0. The number of nitrogens with one attached hydrogen (secondary N) is 2. The maximum absolute atomic E-state index is 11.9. The van der Waals surface area contributed by atoms with Gasteiger partial charge in [0.25, 0.3) is 0 Å². The monoisotopic (exact) mass is 293 g/mol. The number of methoxy groups -OCH3 is 1. The Morgan fingerprint density at radius 2 is 2.00 bits per heavy atom. The third-order valence-corrected chi connectivity index (χ3v) is 3.07. The lowest BCUT2D eigenvalue weighted by atomic mass is 10.1. The molecule has 0 fully saturated rings. The molecule has 0 saturated carbocycles. The number of hydrogen-bond donors (Lipinski definition) is 3. The van der Waals surface area contributed by atoms with E-state index in [1.54, 1.807) is 12.1 Å². The van der Waals surface area contributed by atoms with Crippen LogP contribution in [0.5, 0.6) is 5.75 Å². The van der Waals surface area contributed by atoms with Crippen LogP contribution in [-0.2, 0) is 9.59 Å². The molecule has 116 valence electrons. The van der Waals surface area contributed by atoms with Crippen molar-refractivity contribution in [2.24, 2.45) is 11.7 Å². The molecule has 0 aliphatic rings. The number of rotatable bonds is 6. The number of ether oxygens (including phenoxy) is 1. The van der Waals surface area contributed by atoms with E-state index in [2.05, 4.69) is 10.6 Å². The first-order valence-electron chi connectivity index (χ1n) is 6.83. The smallest absolute Gasteiger partial charge is 0.243 e. The zero-order valence-corrected chi connectivity index (χ0v) is 12.9. The van der Waals surface area contributed by atoms with Crippen LogP contribution in [0.4, 0.5) is 5.69 Å². The summed E-state index contributed by atoms with van der Waals surface area (Å²) in [6.45, 7) is 5.48. The molecule has 0 saturated heterocycles. The number of amides is 2. The summed E-state index contributed by atoms with van der Waals surface area (Å²) in [5.74, 6) is -0.0800. The number of benzene rings is 1. The molecule has 6 nitrogen and oxygen atoms in total. The molecule has 1 aromatic rings.